The molecule has 0 spiro atoms. The number of halogens is 4. The first-order valence-corrected chi connectivity index (χ1v) is 17.3. The van der Waals surface area contributed by atoms with Crippen molar-refractivity contribution >= 4 is 72.6 Å². The molecule has 3 aliphatic rings. The maximum atomic E-state index is 15.3. The van der Waals surface area contributed by atoms with Crippen LogP contribution in [0.2, 0.25) is 10.0 Å². The van der Waals surface area contributed by atoms with Crippen molar-refractivity contribution in [2.45, 2.75) is 30.3 Å². The molecular weight excluding hydrogens is 809 g/mol. The molecule has 0 radical (unpaired) electrons. The molecule has 4 atom stereocenters. The van der Waals surface area contributed by atoms with E-state index in [1.807, 2.05) is 6.08 Å². The number of methoxy groups -OCH3 is 2. The van der Waals surface area contributed by atoms with E-state index < -0.39 is 46.5 Å². The lowest BCUT2D eigenvalue weighted by Gasteiger charge is -2.49. The van der Waals surface area contributed by atoms with E-state index in [1.165, 1.54) is 36.7 Å². The third-order valence-electron chi connectivity index (χ3n) is 9.74. The van der Waals surface area contributed by atoms with Gasteiger partial charge < -0.3 is 14.6 Å². The van der Waals surface area contributed by atoms with Gasteiger partial charge in [-0.05, 0) is 91.4 Å². The van der Waals surface area contributed by atoms with Crippen LogP contribution in [-0.2, 0) is 28.6 Å². The summed E-state index contributed by atoms with van der Waals surface area (Å²) < 4.78 is 15.4. The molecule has 3 heterocycles. The van der Waals surface area contributed by atoms with Crippen molar-refractivity contribution < 1.29 is 24.2 Å². The highest BCUT2D eigenvalue weighted by molar-refractivity contribution is 9.13. The lowest BCUT2D eigenvalue weighted by molar-refractivity contribution is -0.138. The first-order chi connectivity index (χ1) is 23.4. The van der Waals surface area contributed by atoms with E-state index in [9.17, 15) is 19.5 Å². The first kappa shape index (κ1) is 33.5. The van der Waals surface area contributed by atoms with Crippen LogP contribution < -0.4 is 26.3 Å². The number of amides is 2. The largest absolute Gasteiger partial charge is 0.503 e. The van der Waals surface area contributed by atoms with Crippen LogP contribution in [0.15, 0.2) is 78.7 Å². The summed E-state index contributed by atoms with van der Waals surface area (Å²) in [7, 11) is 4.32. The number of hydrazine groups is 1. The topological polar surface area (TPSA) is 137 Å². The molecule has 254 valence electrons. The second-order valence-electron chi connectivity index (χ2n) is 11.9. The van der Waals surface area contributed by atoms with Gasteiger partial charge >= 0.3 is 11.4 Å². The SMILES string of the molecule is COc1ccc([C@@]23C(=O)N(Nc4ccc(Cl)cc4Cl)C(=O)[C@@H]2C[C@@H]2C(=CCn4c(=O)n(C)c(=O)n42)[C@@H]3c2cc(OC)c(O)c(Br)c2Br)cc1. The van der Waals surface area contributed by atoms with Crippen LogP contribution in [0.5, 0.6) is 17.2 Å². The number of carbonyl (C=O) groups is 2. The molecule has 2 aliphatic heterocycles. The van der Waals surface area contributed by atoms with Crippen molar-refractivity contribution in [3.63, 3.8) is 0 Å². The number of ether oxygens (including phenoxy) is 2. The standard InChI is InChI=1S/C33H27Br2Cl2N5O7/c1-39-31(46)40-11-10-18-23(42(40)32(39)47)14-20-29(44)41(38-22-9-6-16(36)12-21(22)37)30(45)33(20,15-4-7-17(48-2)8-5-15)25(18)19-13-24(49-3)28(43)27(35)26(19)34/h4-10,12-13,20,23,25,38,43H,11,14H2,1-3H3/t20-,23+,25+,33+/m0/s1. The van der Waals surface area contributed by atoms with Gasteiger partial charge in [0.25, 0.3) is 11.8 Å². The van der Waals surface area contributed by atoms with E-state index >= 15 is 4.79 Å². The Morgan fingerprint density at radius 3 is 2.33 bits per heavy atom. The molecule has 3 aromatic carbocycles. The number of hydrogen-bond donors (Lipinski definition) is 2. The Hall–Kier alpha value is -3.98. The summed E-state index contributed by atoms with van der Waals surface area (Å²) in [4.78, 5) is 56.8. The number of imide groups is 1. The highest BCUT2D eigenvalue weighted by atomic mass is 79.9. The van der Waals surface area contributed by atoms with Gasteiger partial charge in [-0.2, -0.15) is 5.01 Å². The van der Waals surface area contributed by atoms with Crippen LogP contribution in [0, 0.1) is 5.92 Å². The number of aromatic nitrogens is 3. The molecule has 1 aliphatic carbocycles. The second-order valence-corrected chi connectivity index (χ2v) is 14.4. The summed E-state index contributed by atoms with van der Waals surface area (Å²) in [6.07, 6.45) is 1.84. The Morgan fingerprint density at radius 1 is 0.959 bits per heavy atom. The van der Waals surface area contributed by atoms with Gasteiger partial charge in [0.1, 0.15) is 5.75 Å². The van der Waals surface area contributed by atoms with E-state index in [0.717, 1.165) is 9.58 Å². The fourth-order valence-electron chi connectivity index (χ4n) is 7.54. The summed E-state index contributed by atoms with van der Waals surface area (Å²) in [6.45, 7) is 0.0408. The fourth-order valence-corrected chi connectivity index (χ4v) is 8.94. The van der Waals surface area contributed by atoms with E-state index in [4.69, 9.17) is 32.7 Å². The van der Waals surface area contributed by atoms with Gasteiger partial charge in [0.15, 0.2) is 11.5 Å². The highest BCUT2D eigenvalue weighted by Crippen LogP contribution is 2.63. The van der Waals surface area contributed by atoms with Gasteiger partial charge in [-0.3, -0.25) is 15.0 Å². The number of nitrogens with zero attached hydrogens (tertiary/aromatic N) is 4. The van der Waals surface area contributed by atoms with E-state index in [-0.39, 0.29) is 39.6 Å². The van der Waals surface area contributed by atoms with Crippen LogP contribution in [0.4, 0.5) is 5.69 Å². The maximum absolute atomic E-state index is 15.3. The Balaban J connectivity index is 1.55. The van der Waals surface area contributed by atoms with Crippen molar-refractivity contribution in [1.82, 2.24) is 18.9 Å². The van der Waals surface area contributed by atoms with Gasteiger partial charge in [0, 0.05) is 22.5 Å². The number of carbonyl (C=O) groups excluding carboxylic acids is 2. The predicted octanol–water partition coefficient (Wildman–Crippen LogP) is 5.52. The van der Waals surface area contributed by atoms with Crippen molar-refractivity contribution in [1.29, 1.82) is 0 Å². The zero-order valence-corrected chi connectivity index (χ0v) is 30.7. The molecule has 1 saturated carbocycles. The molecule has 49 heavy (non-hydrogen) atoms. The smallest absolute Gasteiger partial charge is 0.347 e. The van der Waals surface area contributed by atoms with Crippen LogP contribution in [-0.4, -0.2) is 50.1 Å². The number of anilines is 1. The zero-order valence-electron chi connectivity index (χ0n) is 26.0. The van der Waals surface area contributed by atoms with Gasteiger partial charge in [-0.1, -0.05) is 41.4 Å². The summed E-state index contributed by atoms with van der Waals surface area (Å²) in [5.41, 5.74) is 2.17. The molecule has 2 fully saturated rings. The Kier molecular flexibility index (Phi) is 8.28. The summed E-state index contributed by atoms with van der Waals surface area (Å²) >= 11 is 19.8. The number of phenolic OH excluding ortho intramolecular Hbond substituents is 1. The minimum absolute atomic E-state index is 0.00281. The average Bonchev–Trinajstić information content (AvgIpc) is 3.45. The van der Waals surface area contributed by atoms with Gasteiger partial charge in [0.2, 0.25) is 0 Å². The molecule has 0 bridgehead atoms. The van der Waals surface area contributed by atoms with E-state index in [1.54, 1.807) is 42.5 Å². The van der Waals surface area contributed by atoms with Crippen molar-refractivity contribution in [3.8, 4) is 17.2 Å². The molecule has 1 saturated heterocycles. The number of benzene rings is 3. The number of allylic oxidation sites excluding steroid dienone is 2. The van der Waals surface area contributed by atoms with Crippen molar-refractivity contribution in [2.75, 3.05) is 19.6 Å². The number of fused-ring (bicyclic) bond motifs is 4. The normalized spacial score (nSPS) is 22.7. The lowest BCUT2D eigenvalue weighted by Crippen LogP contribution is -2.53. The molecule has 1 aromatic heterocycles. The minimum atomic E-state index is -1.62. The lowest BCUT2D eigenvalue weighted by atomic mass is 9.53. The Labute approximate surface area is 305 Å². The number of phenols is 1. The second kappa shape index (κ2) is 12.1. The summed E-state index contributed by atoms with van der Waals surface area (Å²) in [5.74, 6) is -2.70. The number of nitrogens with one attached hydrogen (secondary N) is 1. The monoisotopic (exact) mass is 833 g/mol. The molecule has 0 unspecified atom stereocenters. The first-order valence-electron chi connectivity index (χ1n) is 14.9. The van der Waals surface area contributed by atoms with E-state index in [0.29, 0.717) is 31.9 Å². The van der Waals surface area contributed by atoms with Gasteiger partial charge in [-0.25, -0.2) is 23.5 Å². The van der Waals surface area contributed by atoms with Crippen LogP contribution >= 0.6 is 55.1 Å². The number of hydrogen-bond acceptors (Lipinski definition) is 8. The molecule has 2 N–H and O–H groups in total. The third-order valence-corrected chi connectivity index (χ3v) is 12.4. The molecule has 16 heteroatoms. The van der Waals surface area contributed by atoms with Gasteiger partial charge in [0.05, 0.1) is 53.3 Å². The van der Waals surface area contributed by atoms with Crippen LogP contribution in [0.3, 0.4) is 0 Å². The van der Waals surface area contributed by atoms with Crippen LogP contribution in [0.1, 0.15) is 29.5 Å². The van der Waals surface area contributed by atoms with E-state index in [2.05, 4.69) is 37.3 Å². The molecule has 4 aromatic rings. The summed E-state index contributed by atoms with van der Waals surface area (Å²) in [6, 6.07) is 12.4. The van der Waals surface area contributed by atoms with Crippen molar-refractivity contribution in [2.24, 2.45) is 13.0 Å². The average molecular weight is 836 g/mol. The molecule has 2 amide bonds. The van der Waals surface area contributed by atoms with Crippen molar-refractivity contribution in [3.05, 3.63) is 111 Å². The highest BCUT2D eigenvalue weighted by Gasteiger charge is 2.69. The number of rotatable bonds is 6. The maximum Gasteiger partial charge on any atom is 0.347 e. The quantitative estimate of drug-likeness (QED) is 0.192. The molecule has 7 rings (SSSR count). The Morgan fingerprint density at radius 2 is 1.67 bits per heavy atom. The minimum Gasteiger partial charge on any atom is -0.503 e. The molecular formula is C33H27Br2Cl2N5O7. The fraction of sp³-hybridized carbons (Fsp3) is 0.273. The predicted molar refractivity (Wildman–Crippen MR) is 189 cm³/mol. The zero-order chi connectivity index (χ0) is 35.1. The Bertz CT molecular complexity index is 2230. The third kappa shape index (κ3) is 4.74. The summed E-state index contributed by atoms with van der Waals surface area (Å²) in [5, 5.41) is 12.4. The molecule has 12 nitrogen and oxygen atoms in total. The number of aromatic hydroxyl groups is 1. The van der Waals surface area contributed by atoms with Gasteiger partial charge in [-0.15, -0.1) is 0 Å². The van der Waals surface area contributed by atoms with Crippen LogP contribution in [0.25, 0.3) is 0 Å².